The van der Waals surface area contributed by atoms with E-state index in [-0.39, 0.29) is 11.5 Å². The van der Waals surface area contributed by atoms with Gasteiger partial charge in [-0.3, -0.25) is 4.79 Å². The van der Waals surface area contributed by atoms with Crippen molar-refractivity contribution in [1.82, 2.24) is 5.32 Å². The number of hydrogen-bond donors (Lipinski definition) is 2. The normalized spacial score (nSPS) is 29.2. The van der Waals surface area contributed by atoms with Crippen molar-refractivity contribution in [2.24, 2.45) is 11.3 Å². The summed E-state index contributed by atoms with van der Waals surface area (Å²) in [5.41, 5.74) is 0.227. The fraction of sp³-hybridized carbons (Fsp3) is 0.900. The summed E-state index contributed by atoms with van der Waals surface area (Å²) in [6, 6.07) is -0.320. The largest absolute Gasteiger partial charge is 0.480 e. The van der Waals surface area contributed by atoms with Crippen LogP contribution in [0.25, 0.3) is 0 Å². The van der Waals surface area contributed by atoms with E-state index in [4.69, 9.17) is 5.11 Å². The molecule has 3 heteroatoms. The summed E-state index contributed by atoms with van der Waals surface area (Å²) in [4.78, 5) is 10.8. The molecule has 0 spiro atoms. The number of carbonyl (C=O) groups is 1. The molecule has 0 bridgehead atoms. The molecule has 1 aliphatic heterocycles. The molecule has 0 radical (unpaired) electrons. The summed E-state index contributed by atoms with van der Waals surface area (Å²) in [6.07, 6.45) is 1.98. The molecule has 0 aliphatic carbocycles. The van der Waals surface area contributed by atoms with Gasteiger partial charge in [0.15, 0.2) is 0 Å². The Bertz CT molecular complexity index is 196. The van der Waals surface area contributed by atoms with Gasteiger partial charge in [0, 0.05) is 0 Å². The average Bonchev–Trinajstić information content (AvgIpc) is 2.31. The Morgan fingerprint density at radius 3 is 2.62 bits per heavy atom. The minimum absolute atomic E-state index is 0.227. The third kappa shape index (κ3) is 2.99. The van der Waals surface area contributed by atoms with Gasteiger partial charge in [0.2, 0.25) is 0 Å². The molecule has 2 atom stereocenters. The van der Waals surface area contributed by atoms with Crippen LogP contribution in [0.5, 0.6) is 0 Å². The molecule has 1 rings (SSSR count). The van der Waals surface area contributed by atoms with Crippen LogP contribution in [0.15, 0.2) is 0 Å². The van der Waals surface area contributed by atoms with E-state index < -0.39 is 5.97 Å². The van der Waals surface area contributed by atoms with Crippen molar-refractivity contribution in [1.29, 1.82) is 0 Å². The predicted molar refractivity (Wildman–Crippen MR) is 51.6 cm³/mol. The van der Waals surface area contributed by atoms with Crippen LogP contribution < -0.4 is 5.32 Å². The lowest BCUT2D eigenvalue weighted by Gasteiger charge is -2.25. The Balaban J connectivity index is 2.54. The first kappa shape index (κ1) is 10.5. The Labute approximate surface area is 79.5 Å². The highest BCUT2D eigenvalue weighted by Gasteiger charge is 2.34. The fourth-order valence-electron chi connectivity index (χ4n) is 2.05. The topological polar surface area (TPSA) is 49.3 Å². The van der Waals surface area contributed by atoms with E-state index in [0.717, 1.165) is 19.4 Å². The quantitative estimate of drug-likeness (QED) is 0.685. The van der Waals surface area contributed by atoms with Crippen LogP contribution in [0.3, 0.4) is 0 Å². The van der Waals surface area contributed by atoms with Gasteiger partial charge in [0.05, 0.1) is 0 Å². The number of carboxylic acid groups (broad SMARTS) is 1. The molecule has 0 saturated carbocycles. The second kappa shape index (κ2) is 3.66. The van der Waals surface area contributed by atoms with E-state index in [9.17, 15) is 4.79 Å². The van der Waals surface area contributed by atoms with Gasteiger partial charge in [-0.05, 0) is 30.7 Å². The SMILES string of the molecule is CC(C)(C)CC1CCNC1C(=O)O. The minimum Gasteiger partial charge on any atom is -0.480 e. The third-order valence-corrected chi connectivity index (χ3v) is 2.49. The zero-order chi connectivity index (χ0) is 10.1. The Morgan fingerprint density at radius 1 is 1.54 bits per heavy atom. The fourth-order valence-corrected chi connectivity index (χ4v) is 2.05. The van der Waals surface area contributed by atoms with Gasteiger partial charge in [-0.25, -0.2) is 0 Å². The number of rotatable bonds is 2. The smallest absolute Gasteiger partial charge is 0.320 e. The Kier molecular flexibility index (Phi) is 2.96. The zero-order valence-electron chi connectivity index (χ0n) is 8.63. The van der Waals surface area contributed by atoms with Crippen LogP contribution >= 0.6 is 0 Å². The van der Waals surface area contributed by atoms with Crippen molar-refractivity contribution >= 4 is 5.97 Å². The van der Waals surface area contributed by atoms with Gasteiger partial charge < -0.3 is 10.4 Å². The molecular formula is C10H19NO2. The standard InChI is InChI=1S/C10H19NO2/c1-10(2,3)6-7-4-5-11-8(7)9(12)13/h7-8,11H,4-6H2,1-3H3,(H,12,13). The van der Waals surface area contributed by atoms with E-state index >= 15 is 0 Å². The number of hydrogen-bond acceptors (Lipinski definition) is 2. The Morgan fingerprint density at radius 2 is 2.15 bits per heavy atom. The maximum absolute atomic E-state index is 10.8. The summed E-state index contributed by atoms with van der Waals surface area (Å²) in [5.74, 6) is -0.399. The predicted octanol–water partition coefficient (Wildman–Crippen LogP) is 1.49. The molecule has 3 nitrogen and oxygen atoms in total. The van der Waals surface area contributed by atoms with Crippen molar-refractivity contribution in [3.05, 3.63) is 0 Å². The molecule has 2 unspecified atom stereocenters. The van der Waals surface area contributed by atoms with Crippen molar-refractivity contribution in [3.8, 4) is 0 Å². The van der Waals surface area contributed by atoms with E-state index in [2.05, 4.69) is 26.1 Å². The molecule has 1 fully saturated rings. The van der Waals surface area contributed by atoms with Gasteiger partial charge >= 0.3 is 5.97 Å². The van der Waals surface area contributed by atoms with Crippen molar-refractivity contribution in [2.75, 3.05) is 6.54 Å². The van der Waals surface area contributed by atoms with Gasteiger partial charge in [-0.2, -0.15) is 0 Å². The van der Waals surface area contributed by atoms with Gasteiger partial charge in [0.1, 0.15) is 6.04 Å². The maximum Gasteiger partial charge on any atom is 0.320 e. The summed E-state index contributed by atoms with van der Waals surface area (Å²) in [5, 5.41) is 11.9. The van der Waals surface area contributed by atoms with Gasteiger partial charge in [0.25, 0.3) is 0 Å². The first-order valence-electron chi connectivity index (χ1n) is 4.86. The highest BCUT2D eigenvalue weighted by Crippen LogP contribution is 2.30. The van der Waals surface area contributed by atoms with Crippen LogP contribution in [0.1, 0.15) is 33.6 Å². The number of aliphatic carboxylic acids is 1. The van der Waals surface area contributed by atoms with Crippen molar-refractivity contribution in [3.63, 3.8) is 0 Å². The minimum atomic E-state index is -0.702. The molecule has 76 valence electrons. The molecule has 0 aromatic carbocycles. The van der Waals surface area contributed by atoms with E-state index in [1.54, 1.807) is 0 Å². The van der Waals surface area contributed by atoms with E-state index in [0.29, 0.717) is 5.92 Å². The molecule has 1 saturated heterocycles. The van der Waals surface area contributed by atoms with Gasteiger partial charge in [-0.1, -0.05) is 20.8 Å². The summed E-state index contributed by atoms with van der Waals surface area (Å²) in [6.45, 7) is 7.32. The zero-order valence-corrected chi connectivity index (χ0v) is 8.63. The van der Waals surface area contributed by atoms with Crippen LogP contribution in [0, 0.1) is 11.3 Å². The second-order valence-electron chi connectivity index (χ2n) is 5.08. The molecule has 0 aromatic rings. The number of nitrogens with one attached hydrogen (secondary N) is 1. The van der Waals surface area contributed by atoms with Crippen molar-refractivity contribution in [2.45, 2.75) is 39.7 Å². The molecule has 2 N–H and O–H groups in total. The van der Waals surface area contributed by atoms with E-state index in [1.165, 1.54) is 0 Å². The van der Waals surface area contributed by atoms with Gasteiger partial charge in [-0.15, -0.1) is 0 Å². The first-order valence-corrected chi connectivity index (χ1v) is 4.86. The summed E-state index contributed by atoms with van der Waals surface area (Å²) in [7, 11) is 0. The highest BCUT2D eigenvalue weighted by atomic mass is 16.4. The van der Waals surface area contributed by atoms with E-state index in [1.807, 2.05) is 0 Å². The average molecular weight is 185 g/mol. The van der Waals surface area contributed by atoms with Crippen LogP contribution in [-0.4, -0.2) is 23.7 Å². The lowest BCUT2D eigenvalue weighted by atomic mass is 9.81. The highest BCUT2D eigenvalue weighted by molar-refractivity contribution is 5.74. The van der Waals surface area contributed by atoms with Crippen LogP contribution in [0.4, 0.5) is 0 Å². The molecule has 1 heterocycles. The number of carboxylic acids is 1. The first-order chi connectivity index (χ1) is 5.90. The van der Waals surface area contributed by atoms with Crippen LogP contribution in [-0.2, 0) is 4.79 Å². The molecule has 0 amide bonds. The maximum atomic E-state index is 10.8. The van der Waals surface area contributed by atoms with Crippen LogP contribution in [0.2, 0.25) is 0 Å². The lowest BCUT2D eigenvalue weighted by molar-refractivity contribution is -0.140. The molecule has 1 aliphatic rings. The summed E-state index contributed by atoms with van der Waals surface area (Å²) < 4.78 is 0. The molecule has 13 heavy (non-hydrogen) atoms. The second-order valence-corrected chi connectivity index (χ2v) is 5.08. The lowest BCUT2D eigenvalue weighted by Crippen LogP contribution is -2.36. The molecular weight excluding hydrogens is 166 g/mol. The molecule has 0 aromatic heterocycles. The monoisotopic (exact) mass is 185 g/mol. The third-order valence-electron chi connectivity index (χ3n) is 2.49. The van der Waals surface area contributed by atoms with Crippen molar-refractivity contribution < 1.29 is 9.90 Å². The summed E-state index contributed by atoms with van der Waals surface area (Å²) >= 11 is 0. The Hall–Kier alpha value is -0.570.